The lowest BCUT2D eigenvalue weighted by atomic mass is 10.2. The Morgan fingerprint density at radius 3 is 2.55 bits per heavy atom. The first-order chi connectivity index (χ1) is 9.76. The van der Waals surface area contributed by atoms with Crippen molar-refractivity contribution < 1.29 is 0 Å². The van der Waals surface area contributed by atoms with Gasteiger partial charge in [-0.1, -0.05) is 27.2 Å². The van der Waals surface area contributed by atoms with Crippen molar-refractivity contribution >= 4 is 11.3 Å². The van der Waals surface area contributed by atoms with Crippen LogP contribution in [0.15, 0.2) is 0 Å². The quantitative estimate of drug-likeness (QED) is 0.718. The van der Waals surface area contributed by atoms with Crippen LogP contribution in [0.4, 0.5) is 0 Å². The van der Waals surface area contributed by atoms with E-state index in [-0.39, 0.29) is 0 Å². The topological polar surface area (TPSA) is 28.2 Å². The molecule has 1 saturated carbocycles. The van der Waals surface area contributed by atoms with Gasteiger partial charge in [0.1, 0.15) is 0 Å². The van der Waals surface area contributed by atoms with Gasteiger partial charge in [-0.2, -0.15) is 0 Å². The highest BCUT2D eigenvalue weighted by Crippen LogP contribution is 2.24. The van der Waals surface area contributed by atoms with Crippen molar-refractivity contribution in [3.8, 4) is 0 Å². The predicted octanol–water partition coefficient (Wildman–Crippen LogP) is 3.23. The largest absolute Gasteiger partial charge is 0.309 e. The fourth-order valence-corrected chi connectivity index (χ4v) is 3.49. The number of likely N-dealkylation sites (N-methyl/N-ethyl adjacent to an activating group) is 1. The number of rotatable bonds is 10. The highest BCUT2D eigenvalue weighted by molar-refractivity contribution is 7.11. The number of aromatic nitrogens is 1. The summed E-state index contributed by atoms with van der Waals surface area (Å²) in [6, 6.07) is 0.783. The maximum atomic E-state index is 4.89. The van der Waals surface area contributed by atoms with Gasteiger partial charge in [0.05, 0.1) is 10.7 Å². The number of nitrogens with zero attached hydrogens (tertiary/aromatic N) is 2. The van der Waals surface area contributed by atoms with Crippen LogP contribution in [0.3, 0.4) is 0 Å². The third kappa shape index (κ3) is 4.83. The van der Waals surface area contributed by atoms with Gasteiger partial charge in [-0.05, 0) is 32.4 Å². The summed E-state index contributed by atoms with van der Waals surface area (Å²) in [7, 11) is 0. The van der Waals surface area contributed by atoms with Gasteiger partial charge in [-0.3, -0.25) is 0 Å². The van der Waals surface area contributed by atoms with E-state index in [0.717, 1.165) is 45.1 Å². The Hall–Kier alpha value is -0.450. The molecule has 0 saturated heterocycles. The summed E-state index contributed by atoms with van der Waals surface area (Å²) in [5, 5.41) is 4.96. The molecule has 2 rings (SSSR count). The molecule has 0 bridgehead atoms. The molecule has 0 amide bonds. The first kappa shape index (κ1) is 15.9. The molecule has 0 spiro atoms. The second-order valence-corrected chi connectivity index (χ2v) is 6.83. The van der Waals surface area contributed by atoms with Crippen molar-refractivity contribution in [3.63, 3.8) is 0 Å². The Balaban J connectivity index is 1.91. The van der Waals surface area contributed by atoms with E-state index in [0.29, 0.717) is 0 Å². The normalized spacial score (nSPS) is 15.2. The molecule has 1 aliphatic rings. The zero-order valence-electron chi connectivity index (χ0n) is 13.2. The van der Waals surface area contributed by atoms with Crippen molar-refractivity contribution in [2.24, 2.45) is 0 Å². The van der Waals surface area contributed by atoms with Crippen molar-refractivity contribution in [3.05, 3.63) is 15.6 Å². The van der Waals surface area contributed by atoms with Crippen LogP contribution in [0.5, 0.6) is 0 Å². The minimum Gasteiger partial charge on any atom is -0.309 e. The summed E-state index contributed by atoms with van der Waals surface area (Å²) in [5.74, 6) is 0. The van der Waals surface area contributed by atoms with Gasteiger partial charge < -0.3 is 10.2 Å². The van der Waals surface area contributed by atoms with Gasteiger partial charge >= 0.3 is 0 Å². The highest BCUT2D eigenvalue weighted by Gasteiger charge is 2.21. The molecular formula is C16H29N3S. The number of hydrogen-bond acceptors (Lipinski definition) is 4. The average Bonchev–Trinajstić information content (AvgIpc) is 3.21. The molecule has 4 heteroatoms. The molecule has 0 radical (unpaired) electrons. The molecule has 20 heavy (non-hydrogen) atoms. The molecule has 0 unspecified atom stereocenters. The second kappa shape index (κ2) is 8.11. The Morgan fingerprint density at radius 1 is 1.20 bits per heavy atom. The van der Waals surface area contributed by atoms with Gasteiger partial charge in [0.2, 0.25) is 0 Å². The van der Waals surface area contributed by atoms with E-state index in [1.54, 1.807) is 0 Å². The summed E-state index contributed by atoms with van der Waals surface area (Å²) < 4.78 is 0. The standard InChI is InChI=1S/C16H29N3S/c1-4-7-14-15(12-17-13-8-9-13)20-16(18-14)10-11-19(5-2)6-3/h13,17H,4-12H2,1-3H3. The monoisotopic (exact) mass is 295 g/mol. The van der Waals surface area contributed by atoms with Gasteiger partial charge in [0.15, 0.2) is 0 Å². The summed E-state index contributed by atoms with van der Waals surface area (Å²) in [5.41, 5.74) is 1.35. The molecule has 1 aromatic rings. The van der Waals surface area contributed by atoms with Gasteiger partial charge in [-0.15, -0.1) is 11.3 Å². The van der Waals surface area contributed by atoms with Crippen LogP contribution in [-0.2, 0) is 19.4 Å². The number of nitrogens with one attached hydrogen (secondary N) is 1. The SMILES string of the molecule is CCCc1nc(CCN(CC)CC)sc1CNC1CC1. The molecule has 0 aliphatic heterocycles. The number of aryl methyl sites for hydroxylation is 1. The van der Waals surface area contributed by atoms with E-state index >= 15 is 0 Å². The fourth-order valence-electron chi connectivity index (χ4n) is 2.43. The van der Waals surface area contributed by atoms with E-state index < -0.39 is 0 Å². The van der Waals surface area contributed by atoms with Crippen LogP contribution in [0.25, 0.3) is 0 Å². The van der Waals surface area contributed by atoms with Gasteiger partial charge in [-0.25, -0.2) is 4.98 Å². The molecule has 0 atom stereocenters. The van der Waals surface area contributed by atoms with Crippen molar-refractivity contribution in [2.45, 2.75) is 65.5 Å². The van der Waals surface area contributed by atoms with E-state index in [4.69, 9.17) is 4.98 Å². The van der Waals surface area contributed by atoms with Gasteiger partial charge in [0, 0.05) is 30.4 Å². The molecule has 114 valence electrons. The molecule has 1 aromatic heterocycles. The molecular weight excluding hydrogens is 266 g/mol. The summed E-state index contributed by atoms with van der Waals surface area (Å²) in [6.07, 6.45) is 6.14. The average molecular weight is 295 g/mol. The van der Waals surface area contributed by atoms with E-state index in [1.807, 2.05) is 11.3 Å². The van der Waals surface area contributed by atoms with Gasteiger partial charge in [0.25, 0.3) is 0 Å². The highest BCUT2D eigenvalue weighted by atomic mass is 32.1. The minimum absolute atomic E-state index is 0.783. The van der Waals surface area contributed by atoms with Crippen LogP contribution in [0.2, 0.25) is 0 Å². The molecule has 3 nitrogen and oxygen atoms in total. The summed E-state index contributed by atoms with van der Waals surface area (Å²) in [4.78, 5) is 8.85. The molecule has 1 heterocycles. The number of thiazole rings is 1. The lowest BCUT2D eigenvalue weighted by molar-refractivity contribution is 0.308. The zero-order valence-corrected chi connectivity index (χ0v) is 14.1. The minimum atomic E-state index is 0.783. The molecule has 1 N–H and O–H groups in total. The third-order valence-corrected chi connectivity index (χ3v) is 5.13. The number of hydrogen-bond donors (Lipinski definition) is 1. The van der Waals surface area contributed by atoms with Crippen LogP contribution in [-0.4, -0.2) is 35.6 Å². The van der Waals surface area contributed by atoms with Crippen LogP contribution in [0, 0.1) is 0 Å². The van der Waals surface area contributed by atoms with E-state index in [1.165, 1.54) is 34.8 Å². The molecule has 1 fully saturated rings. The van der Waals surface area contributed by atoms with Crippen LogP contribution >= 0.6 is 11.3 Å². The third-order valence-electron chi connectivity index (χ3n) is 3.97. The Kier molecular flexibility index (Phi) is 6.46. The first-order valence-corrected chi connectivity index (χ1v) is 9.01. The lowest BCUT2D eigenvalue weighted by Crippen LogP contribution is -2.25. The van der Waals surface area contributed by atoms with Crippen molar-refractivity contribution in [1.82, 2.24) is 15.2 Å². The van der Waals surface area contributed by atoms with Crippen molar-refractivity contribution in [2.75, 3.05) is 19.6 Å². The summed E-state index contributed by atoms with van der Waals surface area (Å²) in [6.45, 7) is 11.2. The van der Waals surface area contributed by atoms with E-state index in [9.17, 15) is 0 Å². The lowest BCUT2D eigenvalue weighted by Gasteiger charge is -2.16. The zero-order chi connectivity index (χ0) is 14.4. The maximum Gasteiger partial charge on any atom is 0.0944 e. The second-order valence-electron chi connectivity index (χ2n) is 5.66. The van der Waals surface area contributed by atoms with Crippen molar-refractivity contribution in [1.29, 1.82) is 0 Å². The Bertz CT molecular complexity index is 394. The predicted molar refractivity (Wildman–Crippen MR) is 87.5 cm³/mol. The maximum absolute atomic E-state index is 4.89. The van der Waals surface area contributed by atoms with E-state index in [2.05, 4.69) is 31.0 Å². The fraction of sp³-hybridized carbons (Fsp3) is 0.812. The molecule has 0 aromatic carbocycles. The first-order valence-electron chi connectivity index (χ1n) is 8.19. The molecule has 1 aliphatic carbocycles. The smallest absolute Gasteiger partial charge is 0.0944 e. The summed E-state index contributed by atoms with van der Waals surface area (Å²) >= 11 is 1.93. The van der Waals surface area contributed by atoms with Crippen LogP contribution < -0.4 is 5.32 Å². The van der Waals surface area contributed by atoms with Crippen LogP contribution in [0.1, 0.15) is 55.6 Å². The Labute approximate surface area is 127 Å². The Morgan fingerprint density at radius 2 is 1.95 bits per heavy atom.